The number of amides is 1. The van der Waals surface area contributed by atoms with Gasteiger partial charge >= 0.3 is 0 Å². The van der Waals surface area contributed by atoms with Crippen LogP contribution in [0.15, 0.2) is 27.6 Å². The summed E-state index contributed by atoms with van der Waals surface area (Å²) in [5, 5.41) is 2.78. The van der Waals surface area contributed by atoms with Crippen LogP contribution in [-0.4, -0.2) is 27.5 Å². The van der Waals surface area contributed by atoms with Gasteiger partial charge < -0.3 is 10.1 Å². The Labute approximate surface area is 130 Å². The number of hydrogen-bond donors (Lipinski definition) is 1. The van der Waals surface area contributed by atoms with Crippen molar-refractivity contribution in [3.63, 3.8) is 0 Å². The van der Waals surface area contributed by atoms with Crippen molar-refractivity contribution < 1.29 is 17.9 Å². The molecule has 0 bridgehead atoms. The highest BCUT2D eigenvalue weighted by Crippen LogP contribution is 2.28. The molecule has 0 radical (unpaired) electrons. The fourth-order valence-corrected chi connectivity index (χ4v) is 3.35. The lowest BCUT2D eigenvalue weighted by atomic mass is 9.99. The molecule has 5 nitrogen and oxygen atoms in total. The van der Waals surface area contributed by atoms with Crippen LogP contribution in [0.3, 0.4) is 0 Å². The van der Waals surface area contributed by atoms with Crippen molar-refractivity contribution in [3.05, 3.63) is 22.7 Å². The van der Waals surface area contributed by atoms with Crippen LogP contribution in [0, 0.1) is 5.92 Å². The number of nitrogens with one attached hydrogen (secondary N) is 1. The smallest absolute Gasteiger partial charge is 0.261 e. The highest BCUT2D eigenvalue weighted by atomic mass is 79.9. The minimum atomic E-state index is -3.78. The third kappa shape index (κ3) is 3.94. The molecule has 1 fully saturated rings. The summed E-state index contributed by atoms with van der Waals surface area (Å²) in [6, 6.07) is 4.23. The minimum absolute atomic E-state index is 0.0184. The summed E-state index contributed by atoms with van der Waals surface area (Å²) in [5.41, 5.74) is 0.519. The number of rotatable bonds is 3. The van der Waals surface area contributed by atoms with E-state index in [-0.39, 0.29) is 16.7 Å². The molecule has 20 heavy (non-hydrogen) atoms. The van der Waals surface area contributed by atoms with Gasteiger partial charge in [-0.05, 0) is 47.0 Å². The predicted molar refractivity (Wildman–Crippen MR) is 79.4 cm³/mol. The summed E-state index contributed by atoms with van der Waals surface area (Å²) in [7, 11) is 1.48. The number of carbonyl (C=O) groups excluding carboxylic acids is 1. The average molecular weight is 383 g/mol. The number of benzene rings is 1. The van der Waals surface area contributed by atoms with Crippen LogP contribution >= 0.6 is 26.6 Å². The maximum absolute atomic E-state index is 12.1. The van der Waals surface area contributed by atoms with Gasteiger partial charge in [0.05, 0.1) is 10.6 Å². The molecule has 2 rings (SSSR count). The van der Waals surface area contributed by atoms with Gasteiger partial charge in [0.15, 0.2) is 0 Å². The van der Waals surface area contributed by atoms with Crippen molar-refractivity contribution in [2.75, 3.05) is 18.5 Å². The van der Waals surface area contributed by atoms with E-state index in [9.17, 15) is 13.2 Å². The van der Waals surface area contributed by atoms with E-state index in [4.69, 9.17) is 15.4 Å². The molecule has 1 saturated heterocycles. The molecule has 8 heteroatoms. The summed E-state index contributed by atoms with van der Waals surface area (Å²) < 4.78 is 28.1. The Morgan fingerprint density at radius 3 is 2.55 bits per heavy atom. The van der Waals surface area contributed by atoms with E-state index in [0.717, 1.165) is 0 Å². The Bertz CT molecular complexity index is 614. The molecule has 1 N–H and O–H groups in total. The lowest BCUT2D eigenvalue weighted by Gasteiger charge is -2.21. The van der Waals surface area contributed by atoms with E-state index in [0.29, 0.717) is 36.2 Å². The standard InChI is InChI=1S/C12H13BrClNO4S/c13-10-7-9(20(14,17)18)1-2-11(10)15-12(16)8-3-5-19-6-4-8/h1-2,7-8H,3-6H2,(H,15,16). The van der Waals surface area contributed by atoms with Gasteiger partial charge in [0.25, 0.3) is 9.05 Å². The Hall–Kier alpha value is -0.630. The van der Waals surface area contributed by atoms with E-state index in [1.54, 1.807) is 0 Å². The van der Waals surface area contributed by atoms with Gasteiger partial charge in [-0.25, -0.2) is 8.42 Å². The number of anilines is 1. The second kappa shape index (κ2) is 6.43. The number of ether oxygens (including phenoxy) is 1. The molecule has 110 valence electrons. The lowest BCUT2D eigenvalue weighted by molar-refractivity contribution is -0.122. The number of carbonyl (C=O) groups is 1. The van der Waals surface area contributed by atoms with Gasteiger partial charge in [-0.2, -0.15) is 0 Å². The van der Waals surface area contributed by atoms with E-state index < -0.39 is 9.05 Å². The van der Waals surface area contributed by atoms with Gasteiger partial charge in [0.2, 0.25) is 5.91 Å². The second-order valence-electron chi connectivity index (χ2n) is 4.46. The average Bonchev–Trinajstić information content (AvgIpc) is 2.41. The Balaban J connectivity index is 2.11. The summed E-state index contributed by atoms with van der Waals surface area (Å²) >= 11 is 3.23. The first-order valence-corrected chi connectivity index (χ1v) is 9.11. The monoisotopic (exact) mass is 381 g/mol. The molecule has 1 aromatic rings. The molecule has 0 spiro atoms. The van der Waals surface area contributed by atoms with Crippen molar-refractivity contribution in [1.29, 1.82) is 0 Å². The van der Waals surface area contributed by atoms with Crippen molar-refractivity contribution in [2.24, 2.45) is 5.92 Å². The molecule has 1 aliphatic rings. The number of hydrogen-bond acceptors (Lipinski definition) is 4. The van der Waals surface area contributed by atoms with Crippen LogP contribution < -0.4 is 5.32 Å². The predicted octanol–water partition coefficient (Wildman–Crippen LogP) is 2.74. The first kappa shape index (κ1) is 15.8. The summed E-state index contributed by atoms with van der Waals surface area (Å²) in [5.74, 6) is -0.164. The molecule has 0 atom stereocenters. The van der Waals surface area contributed by atoms with Crippen molar-refractivity contribution >= 4 is 47.3 Å². The quantitative estimate of drug-likeness (QED) is 0.816. The van der Waals surface area contributed by atoms with Gasteiger partial charge in [0, 0.05) is 34.3 Å². The van der Waals surface area contributed by atoms with E-state index in [2.05, 4.69) is 21.2 Å². The first-order chi connectivity index (χ1) is 9.38. The van der Waals surface area contributed by atoms with Gasteiger partial charge in [-0.15, -0.1) is 0 Å². The molecule has 1 aromatic carbocycles. The molecular formula is C12H13BrClNO4S. The van der Waals surface area contributed by atoms with E-state index in [1.165, 1.54) is 18.2 Å². The van der Waals surface area contributed by atoms with Gasteiger partial charge in [-0.1, -0.05) is 0 Å². The molecular weight excluding hydrogens is 370 g/mol. The molecule has 0 unspecified atom stereocenters. The highest BCUT2D eigenvalue weighted by molar-refractivity contribution is 9.10. The van der Waals surface area contributed by atoms with Crippen LogP contribution in [-0.2, 0) is 18.6 Å². The molecule has 1 amide bonds. The Kier molecular flexibility index (Phi) is 5.06. The topological polar surface area (TPSA) is 72.5 Å². The maximum Gasteiger partial charge on any atom is 0.261 e. The third-order valence-electron chi connectivity index (χ3n) is 3.07. The fraction of sp³-hybridized carbons (Fsp3) is 0.417. The zero-order chi connectivity index (χ0) is 14.8. The van der Waals surface area contributed by atoms with Crippen molar-refractivity contribution in [2.45, 2.75) is 17.7 Å². The summed E-state index contributed by atoms with van der Waals surface area (Å²) in [6.45, 7) is 1.17. The zero-order valence-corrected chi connectivity index (χ0v) is 13.6. The van der Waals surface area contributed by atoms with Crippen LogP contribution in [0.1, 0.15) is 12.8 Å². The first-order valence-electron chi connectivity index (χ1n) is 6.01. The van der Waals surface area contributed by atoms with E-state index >= 15 is 0 Å². The Morgan fingerprint density at radius 2 is 2.00 bits per heavy atom. The SMILES string of the molecule is O=C(Nc1ccc(S(=O)(=O)Cl)cc1Br)C1CCOCC1. The zero-order valence-electron chi connectivity index (χ0n) is 10.4. The largest absolute Gasteiger partial charge is 0.381 e. The minimum Gasteiger partial charge on any atom is -0.381 e. The normalized spacial score (nSPS) is 16.9. The van der Waals surface area contributed by atoms with Crippen LogP contribution in [0.2, 0.25) is 0 Å². The van der Waals surface area contributed by atoms with Crippen LogP contribution in [0.5, 0.6) is 0 Å². The molecule has 1 heterocycles. The van der Waals surface area contributed by atoms with Gasteiger partial charge in [-0.3, -0.25) is 4.79 Å². The summed E-state index contributed by atoms with van der Waals surface area (Å²) in [6.07, 6.45) is 1.38. The summed E-state index contributed by atoms with van der Waals surface area (Å²) in [4.78, 5) is 12.1. The van der Waals surface area contributed by atoms with Crippen LogP contribution in [0.25, 0.3) is 0 Å². The fourth-order valence-electron chi connectivity index (χ4n) is 1.94. The lowest BCUT2D eigenvalue weighted by Crippen LogP contribution is -2.28. The van der Waals surface area contributed by atoms with Crippen molar-refractivity contribution in [3.8, 4) is 0 Å². The van der Waals surface area contributed by atoms with Crippen molar-refractivity contribution in [1.82, 2.24) is 0 Å². The van der Waals surface area contributed by atoms with E-state index in [1.807, 2.05) is 0 Å². The maximum atomic E-state index is 12.1. The third-order valence-corrected chi connectivity index (χ3v) is 5.08. The number of halogens is 2. The van der Waals surface area contributed by atoms with Gasteiger partial charge in [0.1, 0.15) is 0 Å². The van der Waals surface area contributed by atoms with Crippen LogP contribution in [0.4, 0.5) is 5.69 Å². The molecule has 0 saturated carbocycles. The molecule has 0 aromatic heterocycles. The molecule has 0 aliphatic carbocycles. The Morgan fingerprint density at radius 1 is 1.35 bits per heavy atom. The second-order valence-corrected chi connectivity index (χ2v) is 7.88. The highest BCUT2D eigenvalue weighted by Gasteiger charge is 2.22. The molecule has 1 aliphatic heterocycles.